The zero-order chi connectivity index (χ0) is 26.2. The fourth-order valence-corrected chi connectivity index (χ4v) is 5.01. The van der Waals surface area contributed by atoms with Crippen LogP contribution in [0.2, 0.25) is 0 Å². The van der Waals surface area contributed by atoms with E-state index in [4.69, 9.17) is 5.73 Å². The van der Waals surface area contributed by atoms with Gasteiger partial charge in [0.2, 0.25) is 0 Å². The monoisotopic (exact) mass is 492 g/mol. The third-order valence-electron chi connectivity index (χ3n) is 7.17. The van der Waals surface area contributed by atoms with Crippen LogP contribution in [0.25, 0.3) is 17.3 Å². The summed E-state index contributed by atoms with van der Waals surface area (Å²) >= 11 is 0. The molecule has 4 nitrogen and oxygen atoms in total. The van der Waals surface area contributed by atoms with Crippen molar-refractivity contribution in [3.8, 4) is 0 Å². The summed E-state index contributed by atoms with van der Waals surface area (Å²) in [4.78, 5) is 2.36. The molecule has 1 unspecified atom stereocenters. The van der Waals surface area contributed by atoms with Crippen molar-refractivity contribution >= 4 is 28.7 Å². The first-order valence-electron chi connectivity index (χ1n) is 13.5. The molecule has 0 saturated heterocycles. The molecule has 4 rings (SSSR count). The van der Waals surface area contributed by atoms with Gasteiger partial charge in [0.15, 0.2) is 0 Å². The molecule has 4 heteroatoms. The van der Waals surface area contributed by atoms with Crippen molar-refractivity contribution < 1.29 is 0 Å². The second-order valence-corrected chi connectivity index (χ2v) is 9.28. The zero-order valence-corrected chi connectivity index (χ0v) is 22.6. The molecule has 0 aromatic heterocycles. The van der Waals surface area contributed by atoms with Crippen LogP contribution >= 0.6 is 0 Å². The van der Waals surface area contributed by atoms with E-state index < -0.39 is 0 Å². The van der Waals surface area contributed by atoms with Crippen LogP contribution in [0.15, 0.2) is 91.1 Å². The van der Waals surface area contributed by atoms with Gasteiger partial charge in [-0.15, -0.1) is 0 Å². The number of nitrogens with two attached hydrogens (primary N) is 1. The standard InChI is InChI=1S/C33H40N4/c1-5-26-11-9-10-12-32(26)31(6-2)33(34)27-16-21-29(22-17-27)37-30(23-24-35-37)20-15-25-13-18-28(19-14-25)36(7-3)8-4/h9-24,30,35H,5-8,34H2,1-4H3. The molecule has 0 radical (unpaired) electrons. The van der Waals surface area contributed by atoms with Gasteiger partial charge in [0.05, 0.1) is 11.7 Å². The quantitative estimate of drug-likeness (QED) is 0.293. The fourth-order valence-electron chi connectivity index (χ4n) is 5.01. The van der Waals surface area contributed by atoms with Gasteiger partial charge in [-0.25, -0.2) is 0 Å². The minimum atomic E-state index is 0.129. The highest BCUT2D eigenvalue weighted by molar-refractivity contribution is 5.90. The Kier molecular flexibility index (Phi) is 8.73. The first kappa shape index (κ1) is 26.2. The Hall–Kier alpha value is -3.92. The molecule has 1 heterocycles. The van der Waals surface area contributed by atoms with E-state index in [2.05, 4.69) is 134 Å². The van der Waals surface area contributed by atoms with E-state index in [1.165, 1.54) is 28.0 Å². The second kappa shape index (κ2) is 12.4. The third-order valence-corrected chi connectivity index (χ3v) is 7.17. The molecule has 0 spiro atoms. The van der Waals surface area contributed by atoms with Gasteiger partial charge >= 0.3 is 0 Å². The normalized spacial score (nSPS) is 15.7. The Bertz CT molecular complexity index is 1250. The molecular weight excluding hydrogens is 452 g/mol. The van der Waals surface area contributed by atoms with Gasteiger partial charge in [-0.05, 0) is 84.9 Å². The van der Waals surface area contributed by atoms with Gasteiger partial charge in [0.25, 0.3) is 0 Å². The first-order valence-corrected chi connectivity index (χ1v) is 13.5. The SMILES string of the molecule is CCC(=C(N)c1ccc(N2NC=CC2C=Cc2ccc(N(CC)CC)cc2)cc1)c1ccccc1CC. The van der Waals surface area contributed by atoms with Crippen molar-refractivity contribution in [2.24, 2.45) is 5.73 Å². The molecule has 1 aliphatic heterocycles. The van der Waals surface area contributed by atoms with E-state index in [0.29, 0.717) is 0 Å². The van der Waals surface area contributed by atoms with E-state index in [0.717, 1.165) is 42.9 Å². The van der Waals surface area contributed by atoms with Crippen LogP contribution in [-0.4, -0.2) is 19.1 Å². The van der Waals surface area contributed by atoms with E-state index in [1.807, 2.05) is 6.20 Å². The number of allylic oxidation sites excluding steroid dienone is 1. The molecule has 3 aromatic carbocycles. The molecule has 0 aliphatic carbocycles. The molecule has 0 amide bonds. The summed E-state index contributed by atoms with van der Waals surface area (Å²) in [5, 5.41) is 2.16. The van der Waals surface area contributed by atoms with Gasteiger partial charge in [-0.2, -0.15) is 0 Å². The van der Waals surface area contributed by atoms with E-state index in [-0.39, 0.29) is 6.04 Å². The number of nitrogens with zero attached hydrogens (tertiary/aromatic N) is 2. The van der Waals surface area contributed by atoms with Gasteiger partial charge < -0.3 is 16.1 Å². The Labute approximate surface area is 222 Å². The van der Waals surface area contributed by atoms with Crippen LogP contribution in [0.5, 0.6) is 0 Å². The second-order valence-electron chi connectivity index (χ2n) is 9.28. The lowest BCUT2D eigenvalue weighted by atomic mass is 9.93. The van der Waals surface area contributed by atoms with Crippen molar-refractivity contribution in [1.82, 2.24) is 5.43 Å². The summed E-state index contributed by atoms with van der Waals surface area (Å²) in [5.41, 5.74) is 19.4. The van der Waals surface area contributed by atoms with Crippen LogP contribution in [-0.2, 0) is 6.42 Å². The largest absolute Gasteiger partial charge is 0.398 e. The van der Waals surface area contributed by atoms with Crippen molar-refractivity contribution in [3.05, 3.63) is 113 Å². The first-order chi connectivity index (χ1) is 18.1. The lowest BCUT2D eigenvalue weighted by molar-refractivity contribution is 0.771. The van der Waals surface area contributed by atoms with Crippen LogP contribution < -0.4 is 21.1 Å². The Morgan fingerprint density at radius 3 is 2.27 bits per heavy atom. The van der Waals surface area contributed by atoms with E-state index in [9.17, 15) is 0 Å². The molecule has 0 bridgehead atoms. The summed E-state index contributed by atoms with van der Waals surface area (Å²) in [6.07, 6.45) is 10.5. The summed E-state index contributed by atoms with van der Waals surface area (Å²) in [7, 11) is 0. The predicted octanol–water partition coefficient (Wildman–Crippen LogP) is 7.25. The van der Waals surface area contributed by atoms with Crippen LogP contribution in [0.4, 0.5) is 11.4 Å². The number of hydrogen-bond acceptors (Lipinski definition) is 4. The highest BCUT2D eigenvalue weighted by Crippen LogP contribution is 2.30. The maximum atomic E-state index is 6.72. The minimum Gasteiger partial charge on any atom is -0.398 e. The number of hydrazine groups is 1. The van der Waals surface area contributed by atoms with Crippen molar-refractivity contribution in [3.63, 3.8) is 0 Å². The molecule has 192 valence electrons. The van der Waals surface area contributed by atoms with Crippen molar-refractivity contribution in [2.45, 2.75) is 46.6 Å². The third kappa shape index (κ3) is 5.91. The summed E-state index contributed by atoms with van der Waals surface area (Å²) < 4.78 is 0. The molecule has 3 aromatic rings. The predicted molar refractivity (Wildman–Crippen MR) is 161 cm³/mol. The van der Waals surface area contributed by atoms with E-state index in [1.54, 1.807) is 0 Å². The summed E-state index contributed by atoms with van der Waals surface area (Å²) in [6.45, 7) is 10.8. The maximum absolute atomic E-state index is 6.72. The van der Waals surface area contributed by atoms with Crippen LogP contribution in [0.3, 0.4) is 0 Å². The molecule has 0 saturated carbocycles. The zero-order valence-electron chi connectivity index (χ0n) is 22.6. The van der Waals surface area contributed by atoms with E-state index >= 15 is 0 Å². The smallest absolute Gasteiger partial charge is 0.0886 e. The molecule has 1 aliphatic rings. The Balaban J connectivity index is 1.50. The van der Waals surface area contributed by atoms with Crippen molar-refractivity contribution in [2.75, 3.05) is 23.0 Å². The molecule has 0 fully saturated rings. The Morgan fingerprint density at radius 1 is 0.919 bits per heavy atom. The Morgan fingerprint density at radius 2 is 1.62 bits per heavy atom. The van der Waals surface area contributed by atoms with Gasteiger partial charge in [0.1, 0.15) is 0 Å². The van der Waals surface area contributed by atoms with Crippen LogP contribution in [0.1, 0.15) is 56.4 Å². The average molecular weight is 493 g/mol. The van der Waals surface area contributed by atoms with Gasteiger partial charge in [-0.3, -0.25) is 5.01 Å². The van der Waals surface area contributed by atoms with Gasteiger partial charge in [-0.1, -0.05) is 74.5 Å². The number of benzene rings is 3. The number of anilines is 2. The van der Waals surface area contributed by atoms with Crippen LogP contribution in [0, 0.1) is 0 Å². The topological polar surface area (TPSA) is 44.5 Å². The molecule has 37 heavy (non-hydrogen) atoms. The number of aryl methyl sites for hydroxylation is 1. The number of nitrogens with one attached hydrogen (secondary N) is 1. The van der Waals surface area contributed by atoms with Gasteiger partial charge in [0, 0.05) is 30.7 Å². The lowest BCUT2D eigenvalue weighted by Crippen LogP contribution is -2.36. The summed E-state index contributed by atoms with van der Waals surface area (Å²) in [5.74, 6) is 0. The molecule has 1 atom stereocenters. The lowest BCUT2D eigenvalue weighted by Gasteiger charge is -2.25. The number of rotatable bonds is 10. The highest BCUT2D eigenvalue weighted by Gasteiger charge is 2.18. The number of hydrogen-bond donors (Lipinski definition) is 2. The highest BCUT2D eigenvalue weighted by atomic mass is 15.5. The average Bonchev–Trinajstić information content (AvgIpc) is 3.42. The maximum Gasteiger partial charge on any atom is 0.0886 e. The molecule has 3 N–H and O–H groups in total. The minimum absolute atomic E-state index is 0.129. The summed E-state index contributed by atoms with van der Waals surface area (Å²) in [6, 6.07) is 26.0. The van der Waals surface area contributed by atoms with Crippen molar-refractivity contribution in [1.29, 1.82) is 0 Å². The fraction of sp³-hybridized carbons (Fsp3) is 0.273. The molecular formula is C33H40N4.